The predicted octanol–water partition coefficient (Wildman–Crippen LogP) is 0.278. The highest BCUT2D eigenvalue weighted by Crippen LogP contribution is 2.31. The number of hydrogen-bond acceptors (Lipinski definition) is 5. The summed E-state index contributed by atoms with van der Waals surface area (Å²) in [6.07, 6.45) is -8.72. The minimum absolute atomic E-state index is 0.254. The van der Waals surface area contributed by atoms with Gasteiger partial charge in [0.2, 0.25) is 5.95 Å². The third-order valence-electron chi connectivity index (χ3n) is 3.33. The van der Waals surface area contributed by atoms with Crippen LogP contribution in [0.2, 0.25) is 0 Å². The summed E-state index contributed by atoms with van der Waals surface area (Å²) in [6.45, 7) is -0.608. The number of hydrogen-bond donors (Lipinski definition) is 2. The molecule has 134 valence electrons. The standard InChI is InChI=1S/C12H11F5N2O5/c13-9(12(15,16)17)10(14)19-7(22)1-2-18(11(19)23)8-3-5(21)6(4-20)24-8/h1-2,5-6,8,20-21H,3-4H2/b10-9-/t5-,6+,8+/m0/s1. The molecule has 0 saturated carbocycles. The van der Waals surface area contributed by atoms with E-state index in [0.29, 0.717) is 10.6 Å². The van der Waals surface area contributed by atoms with E-state index in [-0.39, 0.29) is 6.42 Å². The van der Waals surface area contributed by atoms with Crippen molar-refractivity contribution in [2.45, 2.75) is 31.0 Å². The third-order valence-corrected chi connectivity index (χ3v) is 3.33. The zero-order valence-electron chi connectivity index (χ0n) is 11.7. The summed E-state index contributed by atoms with van der Waals surface area (Å²) < 4.78 is 68.3. The van der Waals surface area contributed by atoms with Gasteiger partial charge in [0, 0.05) is 18.7 Å². The van der Waals surface area contributed by atoms with E-state index in [4.69, 9.17) is 9.84 Å². The van der Waals surface area contributed by atoms with Crippen LogP contribution in [0.3, 0.4) is 0 Å². The van der Waals surface area contributed by atoms with Crippen molar-refractivity contribution in [2.24, 2.45) is 0 Å². The van der Waals surface area contributed by atoms with E-state index in [1.807, 2.05) is 0 Å². The Morgan fingerprint density at radius 3 is 2.46 bits per heavy atom. The van der Waals surface area contributed by atoms with Crippen molar-refractivity contribution in [3.8, 4) is 0 Å². The van der Waals surface area contributed by atoms with E-state index in [1.54, 1.807) is 0 Å². The van der Waals surface area contributed by atoms with E-state index in [9.17, 15) is 36.6 Å². The third kappa shape index (κ3) is 3.25. The zero-order valence-corrected chi connectivity index (χ0v) is 11.7. The van der Waals surface area contributed by atoms with Crippen LogP contribution in [0.4, 0.5) is 22.0 Å². The lowest BCUT2D eigenvalue weighted by atomic mass is 10.2. The molecule has 1 saturated heterocycles. The van der Waals surface area contributed by atoms with Crippen LogP contribution >= 0.6 is 0 Å². The van der Waals surface area contributed by atoms with E-state index >= 15 is 0 Å². The average Bonchev–Trinajstić information content (AvgIpc) is 2.86. The number of rotatable bonds is 3. The number of alkyl halides is 3. The molecule has 1 fully saturated rings. The molecule has 1 aliphatic heterocycles. The summed E-state index contributed by atoms with van der Waals surface area (Å²) in [7, 11) is 0. The van der Waals surface area contributed by atoms with Gasteiger partial charge in [-0.05, 0) is 0 Å². The Hall–Kier alpha value is -2.05. The molecule has 24 heavy (non-hydrogen) atoms. The molecule has 2 N–H and O–H groups in total. The van der Waals surface area contributed by atoms with Crippen molar-refractivity contribution in [3.05, 3.63) is 38.9 Å². The van der Waals surface area contributed by atoms with Gasteiger partial charge in [0.1, 0.15) is 12.3 Å². The van der Waals surface area contributed by atoms with Crippen LogP contribution in [0, 0.1) is 0 Å². The first kappa shape index (κ1) is 18.3. The van der Waals surface area contributed by atoms with Crippen LogP contribution in [-0.2, 0) is 4.74 Å². The molecule has 0 radical (unpaired) electrons. The average molecular weight is 358 g/mol. The maximum absolute atomic E-state index is 13.6. The van der Waals surface area contributed by atoms with Crippen LogP contribution < -0.4 is 11.2 Å². The number of ether oxygens (including phenoxy) is 1. The van der Waals surface area contributed by atoms with Gasteiger partial charge in [-0.2, -0.15) is 26.5 Å². The number of allylic oxidation sites excluding steroid dienone is 1. The molecule has 7 nitrogen and oxygen atoms in total. The molecular weight excluding hydrogens is 347 g/mol. The van der Waals surface area contributed by atoms with E-state index < -0.39 is 58.8 Å². The lowest BCUT2D eigenvalue weighted by Crippen LogP contribution is -2.40. The van der Waals surface area contributed by atoms with E-state index in [0.717, 1.165) is 6.20 Å². The lowest BCUT2D eigenvalue weighted by molar-refractivity contribution is -0.109. The fraction of sp³-hybridized carbons (Fsp3) is 0.500. The van der Waals surface area contributed by atoms with E-state index in [1.165, 1.54) is 0 Å². The Balaban J connectivity index is 2.54. The summed E-state index contributed by atoms with van der Waals surface area (Å²) in [5, 5.41) is 18.5. The normalized spacial score (nSPS) is 25.7. The Bertz CT molecular complexity index is 768. The van der Waals surface area contributed by atoms with Crippen LogP contribution in [0.5, 0.6) is 0 Å². The van der Waals surface area contributed by atoms with Gasteiger partial charge < -0.3 is 14.9 Å². The van der Waals surface area contributed by atoms with Crippen LogP contribution in [0.1, 0.15) is 12.6 Å². The second kappa shape index (κ2) is 6.45. The predicted molar refractivity (Wildman–Crippen MR) is 68.1 cm³/mol. The second-order valence-electron chi connectivity index (χ2n) is 4.90. The summed E-state index contributed by atoms with van der Waals surface area (Å²) in [5.74, 6) is -5.94. The highest BCUT2D eigenvalue weighted by molar-refractivity contribution is 5.40. The Morgan fingerprint density at radius 2 is 1.96 bits per heavy atom. The maximum Gasteiger partial charge on any atom is 0.447 e. The van der Waals surface area contributed by atoms with E-state index in [2.05, 4.69) is 0 Å². The Kier molecular flexibility index (Phi) is 4.92. The summed E-state index contributed by atoms with van der Waals surface area (Å²) in [4.78, 5) is 23.5. The molecular formula is C12H11F5N2O5. The lowest BCUT2D eigenvalue weighted by Gasteiger charge is -2.16. The number of aliphatic hydroxyl groups excluding tert-OH is 2. The molecule has 12 heteroatoms. The van der Waals surface area contributed by atoms with Gasteiger partial charge in [-0.25, -0.2) is 4.79 Å². The van der Waals surface area contributed by atoms with Gasteiger partial charge in [0.15, 0.2) is 0 Å². The second-order valence-corrected chi connectivity index (χ2v) is 4.90. The van der Waals surface area contributed by atoms with Gasteiger partial charge in [-0.3, -0.25) is 9.36 Å². The molecule has 0 aromatic carbocycles. The van der Waals surface area contributed by atoms with Crippen molar-refractivity contribution in [1.29, 1.82) is 0 Å². The molecule has 0 unspecified atom stereocenters. The number of aliphatic hydroxyl groups is 2. The SMILES string of the molecule is O=c1ccn([C@H]2C[C@H](O)[C@@H](CO)O2)c(=O)n1/C(F)=C(\F)C(F)(F)F. The fourth-order valence-electron chi connectivity index (χ4n) is 2.16. The van der Waals surface area contributed by atoms with Crippen LogP contribution in [0.15, 0.2) is 27.7 Å². The summed E-state index contributed by atoms with van der Waals surface area (Å²) in [6, 6.07) is 0.534. The maximum atomic E-state index is 13.6. The molecule has 0 aliphatic carbocycles. The quantitative estimate of drug-likeness (QED) is 0.757. The molecule has 0 bridgehead atoms. The molecule has 2 rings (SSSR count). The smallest absolute Gasteiger partial charge is 0.394 e. The molecule has 3 atom stereocenters. The van der Waals surface area contributed by atoms with Crippen molar-refractivity contribution in [2.75, 3.05) is 6.61 Å². The minimum Gasteiger partial charge on any atom is -0.394 e. The largest absolute Gasteiger partial charge is 0.447 e. The number of nitrogens with zero attached hydrogens (tertiary/aromatic N) is 2. The van der Waals surface area contributed by atoms with Gasteiger partial charge in [0.05, 0.1) is 12.7 Å². The van der Waals surface area contributed by atoms with Gasteiger partial charge in [-0.15, -0.1) is 0 Å². The van der Waals surface area contributed by atoms with Crippen LogP contribution in [-0.4, -0.2) is 44.3 Å². The zero-order chi connectivity index (χ0) is 18.2. The van der Waals surface area contributed by atoms with Crippen molar-refractivity contribution in [3.63, 3.8) is 0 Å². The monoisotopic (exact) mass is 358 g/mol. The first-order valence-electron chi connectivity index (χ1n) is 6.49. The van der Waals surface area contributed by atoms with Crippen molar-refractivity contribution >= 4 is 5.95 Å². The highest BCUT2D eigenvalue weighted by Gasteiger charge is 2.40. The molecule has 0 amide bonds. The molecule has 2 heterocycles. The minimum atomic E-state index is -5.72. The summed E-state index contributed by atoms with van der Waals surface area (Å²) in [5.41, 5.74) is -3.15. The summed E-state index contributed by atoms with van der Waals surface area (Å²) >= 11 is 0. The van der Waals surface area contributed by atoms with Gasteiger partial charge in [-0.1, -0.05) is 0 Å². The number of aromatic nitrogens is 2. The van der Waals surface area contributed by atoms with Crippen molar-refractivity contribution in [1.82, 2.24) is 9.13 Å². The molecule has 1 aromatic heterocycles. The van der Waals surface area contributed by atoms with Gasteiger partial charge >= 0.3 is 11.9 Å². The fourth-order valence-corrected chi connectivity index (χ4v) is 2.16. The highest BCUT2D eigenvalue weighted by atomic mass is 19.4. The Morgan fingerprint density at radius 1 is 1.33 bits per heavy atom. The first-order valence-corrected chi connectivity index (χ1v) is 6.49. The topological polar surface area (TPSA) is 93.7 Å². The first-order chi connectivity index (χ1) is 11.1. The molecule has 1 aliphatic rings. The van der Waals surface area contributed by atoms with Gasteiger partial charge in [0.25, 0.3) is 11.4 Å². The molecule has 1 aromatic rings. The molecule has 0 spiro atoms. The number of halogens is 5. The Labute approximate surface area is 129 Å². The van der Waals surface area contributed by atoms with Crippen molar-refractivity contribution < 1.29 is 36.9 Å². The van der Waals surface area contributed by atoms with Crippen LogP contribution in [0.25, 0.3) is 5.95 Å².